The van der Waals surface area contributed by atoms with Crippen molar-refractivity contribution in [2.75, 3.05) is 16.4 Å². The van der Waals surface area contributed by atoms with Gasteiger partial charge in [0.25, 0.3) is 5.69 Å². The van der Waals surface area contributed by atoms with Gasteiger partial charge in [0.1, 0.15) is 10.0 Å². The van der Waals surface area contributed by atoms with Crippen molar-refractivity contribution in [1.82, 2.24) is 0 Å². The van der Waals surface area contributed by atoms with Gasteiger partial charge in [0.15, 0.2) is 0 Å². The van der Waals surface area contributed by atoms with Gasteiger partial charge in [-0.05, 0) is 30.3 Å². The van der Waals surface area contributed by atoms with Crippen LogP contribution in [0.15, 0.2) is 48.5 Å². The molecule has 2 rings (SSSR count). The molecule has 0 spiro atoms. The van der Waals surface area contributed by atoms with Crippen molar-refractivity contribution in [2.45, 2.75) is 6.42 Å². The van der Waals surface area contributed by atoms with E-state index in [1.54, 1.807) is 42.5 Å². The second-order valence-corrected chi connectivity index (χ2v) is 6.65. The molecule has 2 aromatic carbocycles. The number of para-hydroxylation sites is 2. The molecule has 0 bridgehead atoms. The monoisotopic (exact) mass is 377 g/mol. The molecule has 0 unspecified atom stereocenters. The summed E-state index contributed by atoms with van der Waals surface area (Å²) in [6, 6.07) is 13.5. The molecule has 0 saturated heterocycles. The van der Waals surface area contributed by atoms with Gasteiger partial charge in [-0.25, -0.2) is 0 Å². The molecule has 3 N–H and O–H groups in total. The van der Waals surface area contributed by atoms with Crippen LogP contribution in [0.4, 0.5) is 22.7 Å². The number of nitro benzene ring substituents is 1. The second kappa shape index (κ2) is 9.00. The van der Waals surface area contributed by atoms with Gasteiger partial charge < -0.3 is 15.7 Å². The molecule has 25 heavy (non-hydrogen) atoms. The molecule has 0 aromatic heterocycles. The van der Waals surface area contributed by atoms with E-state index in [-0.39, 0.29) is 12.1 Å². The van der Waals surface area contributed by atoms with E-state index in [4.69, 9.17) is 17.3 Å². The smallest absolute Gasteiger partial charge is 0.304 e. The number of nitrogens with zero attached hydrogens (tertiary/aromatic N) is 1. The highest BCUT2D eigenvalue weighted by atomic mass is 32.2. The van der Waals surface area contributed by atoms with E-state index in [0.717, 1.165) is 5.69 Å². The zero-order chi connectivity index (χ0) is 18.2. The van der Waals surface area contributed by atoms with Gasteiger partial charge in [-0.1, -0.05) is 36.1 Å². The molecule has 0 amide bonds. The van der Waals surface area contributed by atoms with Crippen LogP contribution in [0.2, 0.25) is 0 Å². The Bertz CT molecular complexity index is 781. The molecule has 9 heteroatoms. The van der Waals surface area contributed by atoms with Crippen LogP contribution in [-0.4, -0.2) is 26.1 Å². The zero-order valence-corrected chi connectivity index (χ0v) is 14.6. The first-order valence-electron chi connectivity index (χ1n) is 7.22. The Morgan fingerprint density at radius 1 is 1.16 bits per heavy atom. The summed E-state index contributed by atoms with van der Waals surface area (Å²) in [6.07, 6.45) is 0.0468. The lowest BCUT2D eigenvalue weighted by Gasteiger charge is -2.10. The Morgan fingerprint density at radius 3 is 2.44 bits per heavy atom. The third-order valence-corrected chi connectivity index (χ3v) is 4.29. The Morgan fingerprint density at radius 2 is 1.80 bits per heavy atom. The largest absolute Gasteiger partial charge is 0.481 e. The maximum Gasteiger partial charge on any atom is 0.304 e. The van der Waals surface area contributed by atoms with Crippen molar-refractivity contribution in [2.24, 2.45) is 0 Å². The quantitative estimate of drug-likeness (QED) is 0.374. The molecule has 7 nitrogen and oxygen atoms in total. The van der Waals surface area contributed by atoms with Gasteiger partial charge in [-0.15, -0.1) is 0 Å². The highest BCUT2D eigenvalue weighted by Gasteiger charge is 2.12. The molecule has 130 valence electrons. The Balaban J connectivity index is 1.95. The number of aliphatic carboxylic acids is 1. The number of carboxylic acid groups (broad SMARTS) is 1. The number of nitro groups is 1. The minimum Gasteiger partial charge on any atom is -0.481 e. The summed E-state index contributed by atoms with van der Waals surface area (Å²) in [4.78, 5) is 21.0. The zero-order valence-electron chi connectivity index (χ0n) is 13.0. The van der Waals surface area contributed by atoms with Gasteiger partial charge in [0.2, 0.25) is 0 Å². The fraction of sp³-hybridized carbons (Fsp3) is 0.125. The van der Waals surface area contributed by atoms with E-state index < -0.39 is 10.9 Å². The number of carbonyl (C=O) groups is 1. The molecule has 0 saturated carbocycles. The van der Waals surface area contributed by atoms with Crippen LogP contribution in [0.3, 0.4) is 0 Å². The van der Waals surface area contributed by atoms with Crippen molar-refractivity contribution in [3.63, 3.8) is 0 Å². The summed E-state index contributed by atoms with van der Waals surface area (Å²) in [5.41, 5.74) is 1.86. The molecule has 0 atom stereocenters. The summed E-state index contributed by atoms with van der Waals surface area (Å²) >= 11 is 6.40. The van der Waals surface area contributed by atoms with Gasteiger partial charge in [0, 0.05) is 23.2 Å². The minimum absolute atomic E-state index is 0.000657. The normalized spacial score (nSPS) is 10.1. The molecular formula is C16H15N3O4S2. The first-order chi connectivity index (χ1) is 12.0. The molecule has 0 heterocycles. The van der Waals surface area contributed by atoms with Gasteiger partial charge >= 0.3 is 5.97 Å². The van der Waals surface area contributed by atoms with E-state index >= 15 is 0 Å². The third-order valence-electron chi connectivity index (χ3n) is 3.06. The van der Waals surface area contributed by atoms with Crippen molar-refractivity contribution >= 4 is 57.0 Å². The topological polar surface area (TPSA) is 104 Å². The van der Waals surface area contributed by atoms with Crippen LogP contribution in [0.5, 0.6) is 0 Å². The molecular weight excluding hydrogens is 362 g/mol. The van der Waals surface area contributed by atoms with E-state index in [1.807, 2.05) is 0 Å². The van der Waals surface area contributed by atoms with Crippen molar-refractivity contribution in [1.29, 1.82) is 0 Å². The first kappa shape index (κ1) is 18.7. The molecule has 0 fully saturated rings. The van der Waals surface area contributed by atoms with Gasteiger partial charge in [0.05, 0.1) is 11.3 Å². The van der Waals surface area contributed by atoms with E-state index in [0.29, 0.717) is 21.4 Å². The average molecular weight is 377 g/mol. The van der Waals surface area contributed by atoms with E-state index in [2.05, 4.69) is 10.6 Å². The lowest BCUT2D eigenvalue weighted by atomic mass is 10.2. The van der Waals surface area contributed by atoms with Crippen molar-refractivity contribution in [3.05, 3.63) is 58.6 Å². The van der Waals surface area contributed by atoms with Crippen molar-refractivity contribution < 1.29 is 14.8 Å². The van der Waals surface area contributed by atoms with Crippen molar-refractivity contribution in [3.8, 4) is 0 Å². The van der Waals surface area contributed by atoms with Crippen LogP contribution >= 0.6 is 24.0 Å². The molecule has 0 aliphatic rings. The van der Waals surface area contributed by atoms with Crippen LogP contribution in [-0.2, 0) is 4.79 Å². The second-order valence-electron chi connectivity index (χ2n) is 4.88. The minimum atomic E-state index is -0.860. The summed E-state index contributed by atoms with van der Waals surface area (Å²) in [5.74, 6) is -0.459. The van der Waals surface area contributed by atoms with Crippen LogP contribution in [0.1, 0.15) is 6.42 Å². The maximum atomic E-state index is 11.0. The number of thiocarbonyl (C=S) groups is 1. The molecule has 0 aliphatic carbocycles. The predicted molar refractivity (Wildman–Crippen MR) is 104 cm³/mol. The van der Waals surface area contributed by atoms with Crippen LogP contribution in [0, 0.1) is 10.1 Å². The van der Waals surface area contributed by atoms with Gasteiger partial charge in [-0.2, -0.15) is 0 Å². The summed E-state index contributed by atoms with van der Waals surface area (Å²) in [6.45, 7) is 0. The fourth-order valence-electron chi connectivity index (χ4n) is 1.92. The fourth-order valence-corrected chi connectivity index (χ4v) is 2.94. The number of nitrogens with one attached hydrogen (secondary N) is 2. The predicted octanol–water partition coefficient (Wildman–Crippen LogP) is 4.24. The lowest BCUT2D eigenvalue weighted by Crippen LogP contribution is -2.07. The standard InChI is InChI=1S/C16H15N3O4S2/c20-15(21)9-10-25-16(24)18-12-7-5-11(6-8-12)17-13-3-1-2-4-14(13)19(22)23/h1-8,17H,9-10H2,(H,18,24)(H,20,21). The number of anilines is 3. The number of thioether (sulfide) groups is 1. The Labute approximate surface area is 153 Å². The summed E-state index contributed by atoms with van der Waals surface area (Å²) in [7, 11) is 0. The summed E-state index contributed by atoms with van der Waals surface area (Å²) < 4.78 is 0.487. The summed E-state index contributed by atoms with van der Waals surface area (Å²) in [5, 5.41) is 25.6. The van der Waals surface area contributed by atoms with Crippen LogP contribution < -0.4 is 10.6 Å². The SMILES string of the molecule is O=C(O)CCSC(=S)Nc1ccc(Nc2ccccc2[N+](=O)[O-])cc1. The number of carboxylic acids is 1. The molecule has 2 aromatic rings. The number of hydrogen-bond acceptors (Lipinski definition) is 6. The highest BCUT2D eigenvalue weighted by molar-refractivity contribution is 8.23. The Kier molecular flexibility index (Phi) is 6.72. The van der Waals surface area contributed by atoms with Gasteiger partial charge in [-0.3, -0.25) is 14.9 Å². The number of benzene rings is 2. The maximum absolute atomic E-state index is 11.0. The van der Waals surface area contributed by atoms with Crippen LogP contribution in [0.25, 0.3) is 0 Å². The average Bonchev–Trinajstić information content (AvgIpc) is 2.56. The van der Waals surface area contributed by atoms with E-state index in [1.165, 1.54) is 17.8 Å². The number of hydrogen-bond donors (Lipinski definition) is 3. The molecule has 0 radical (unpaired) electrons. The molecule has 0 aliphatic heterocycles. The number of rotatable bonds is 7. The third kappa shape index (κ3) is 6.05. The highest BCUT2D eigenvalue weighted by Crippen LogP contribution is 2.27. The van der Waals surface area contributed by atoms with E-state index in [9.17, 15) is 14.9 Å². The lowest BCUT2D eigenvalue weighted by molar-refractivity contribution is -0.383. The first-order valence-corrected chi connectivity index (χ1v) is 8.61. The Hall–Kier alpha value is -2.65.